The van der Waals surface area contributed by atoms with Crippen LogP contribution in [0.1, 0.15) is 26.2 Å². The van der Waals surface area contributed by atoms with Gasteiger partial charge in [-0.3, -0.25) is 0 Å². The van der Waals surface area contributed by atoms with Gasteiger partial charge >= 0.3 is 0 Å². The van der Waals surface area contributed by atoms with Crippen LogP contribution in [0.25, 0.3) is 0 Å². The van der Waals surface area contributed by atoms with E-state index in [1.54, 1.807) is 0 Å². The van der Waals surface area contributed by atoms with Gasteiger partial charge in [0, 0.05) is 12.1 Å². The average molecular weight is 141 g/mol. The van der Waals surface area contributed by atoms with Crippen molar-refractivity contribution >= 4 is 0 Å². The minimum Gasteiger partial charge on any atom is -0.394 e. The van der Waals surface area contributed by atoms with E-state index in [-0.39, 0.29) is 5.54 Å². The fourth-order valence-electron chi connectivity index (χ4n) is 2.55. The molecule has 2 bridgehead atoms. The van der Waals surface area contributed by atoms with Crippen molar-refractivity contribution in [2.75, 3.05) is 13.2 Å². The summed E-state index contributed by atoms with van der Waals surface area (Å²) in [5.41, 5.74) is 0.721. The summed E-state index contributed by atoms with van der Waals surface area (Å²) in [5.74, 6) is 0. The second-order valence-electron chi connectivity index (χ2n) is 4.00. The Morgan fingerprint density at radius 3 is 2.50 bits per heavy atom. The minimum atomic E-state index is 0.149. The maximum atomic E-state index is 9.01. The molecule has 2 heterocycles. The topological polar surface area (TPSA) is 32.3 Å². The van der Waals surface area contributed by atoms with E-state index in [1.165, 1.54) is 19.3 Å². The van der Waals surface area contributed by atoms with Crippen LogP contribution in [-0.4, -0.2) is 23.8 Å². The van der Waals surface area contributed by atoms with E-state index in [9.17, 15) is 0 Å². The Balaban J connectivity index is 2.06. The Labute approximate surface area is 61.6 Å². The van der Waals surface area contributed by atoms with Crippen LogP contribution in [0.3, 0.4) is 0 Å². The van der Waals surface area contributed by atoms with Crippen LogP contribution in [0.4, 0.5) is 0 Å². The van der Waals surface area contributed by atoms with E-state index in [0.29, 0.717) is 12.0 Å². The molecule has 2 N–H and O–H groups in total. The first kappa shape index (κ1) is 6.62. The van der Waals surface area contributed by atoms with Crippen LogP contribution >= 0.6 is 0 Å². The van der Waals surface area contributed by atoms with Crippen molar-refractivity contribution in [2.45, 2.75) is 31.7 Å². The number of aliphatic hydroxyl groups is 1. The summed E-state index contributed by atoms with van der Waals surface area (Å²) in [6.45, 7) is 3.70. The molecule has 10 heavy (non-hydrogen) atoms. The summed E-state index contributed by atoms with van der Waals surface area (Å²) in [6.07, 6.45) is 3.67. The zero-order chi connectivity index (χ0) is 7.24. The standard InChI is InChI=1S/C8H15NO/c1-2-7-3-8(4-7,6-10)9-5-7/h9-10H,2-6H2,1H3. The number of hydrogen-bond donors (Lipinski definition) is 2. The number of nitrogens with one attached hydrogen (secondary N) is 1. The number of hydrogen-bond acceptors (Lipinski definition) is 2. The van der Waals surface area contributed by atoms with E-state index in [2.05, 4.69) is 12.2 Å². The molecule has 2 aliphatic heterocycles. The molecule has 3 fully saturated rings. The highest BCUT2D eigenvalue weighted by Crippen LogP contribution is 2.55. The summed E-state index contributed by atoms with van der Waals surface area (Å²) in [4.78, 5) is 0. The third-order valence-electron chi connectivity index (χ3n) is 3.32. The first-order valence-corrected chi connectivity index (χ1v) is 4.10. The predicted octanol–water partition coefficient (Wildman–Crippen LogP) is 0.511. The quantitative estimate of drug-likeness (QED) is 0.587. The zero-order valence-corrected chi connectivity index (χ0v) is 6.48. The maximum absolute atomic E-state index is 9.01. The smallest absolute Gasteiger partial charge is 0.0613 e. The van der Waals surface area contributed by atoms with Gasteiger partial charge in [-0.05, 0) is 24.7 Å². The number of rotatable bonds is 2. The van der Waals surface area contributed by atoms with Crippen LogP contribution < -0.4 is 5.32 Å². The second-order valence-corrected chi connectivity index (χ2v) is 4.00. The molecule has 0 aromatic carbocycles. The first-order chi connectivity index (χ1) is 4.74. The van der Waals surface area contributed by atoms with Crippen molar-refractivity contribution in [2.24, 2.45) is 5.41 Å². The molecule has 0 radical (unpaired) electrons. The molecule has 2 heteroatoms. The molecule has 0 spiro atoms. The molecule has 3 rings (SSSR count). The molecular formula is C8H15NO. The van der Waals surface area contributed by atoms with Gasteiger partial charge in [-0.25, -0.2) is 0 Å². The van der Waals surface area contributed by atoms with E-state index >= 15 is 0 Å². The predicted molar refractivity (Wildman–Crippen MR) is 39.8 cm³/mol. The zero-order valence-electron chi connectivity index (χ0n) is 6.48. The molecule has 3 aliphatic rings. The van der Waals surface area contributed by atoms with Crippen LogP contribution in [0.5, 0.6) is 0 Å². The average Bonchev–Trinajstić information content (AvgIpc) is 2.40. The van der Waals surface area contributed by atoms with Gasteiger partial charge in [0.2, 0.25) is 0 Å². The fraction of sp³-hybridized carbons (Fsp3) is 1.00. The van der Waals surface area contributed by atoms with Crippen molar-refractivity contribution in [1.82, 2.24) is 5.32 Å². The maximum Gasteiger partial charge on any atom is 0.0613 e. The molecule has 0 atom stereocenters. The van der Waals surface area contributed by atoms with Gasteiger partial charge in [-0.15, -0.1) is 0 Å². The van der Waals surface area contributed by atoms with Gasteiger partial charge in [0.15, 0.2) is 0 Å². The van der Waals surface area contributed by atoms with Crippen LogP contribution in [0.2, 0.25) is 0 Å². The lowest BCUT2D eigenvalue weighted by Crippen LogP contribution is -2.50. The third kappa shape index (κ3) is 0.611. The molecule has 2 saturated heterocycles. The largest absolute Gasteiger partial charge is 0.394 e. The van der Waals surface area contributed by atoms with E-state index < -0.39 is 0 Å². The monoisotopic (exact) mass is 141 g/mol. The molecule has 0 unspecified atom stereocenters. The Morgan fingerprint density at radius 1 is 1.50 bits per heavy atom. The Bertz CT molecular complexity index is 133. The van der Waals surface area contributed by atoms with Crippen molar-refractivity contribution in [3.05, 3.63) is 0 Å². The highest BCUT2D eigenvalue weighted by Gasteiger charge is 2.58. The summed E-state index contributed by atoms with van der Waals surface area (Å²) < 4.78 is 0. The highest BCUT2D eigenvalue weighted by atomic mass is 16.3. The third-order valence-corrected chi connectivity index (χ3v) is 3.32. The van der Waals surface area contributed by atoms with Crippen LogP contribution in [-0.2, 0) is 0 Å². The molecule has 2 nitrogen and oxygen atoms in total. The summed E-state index contributed by atoms with van der Waals surface area (Å²) in [7, 11) is 0. The van der Waals surface area contributed by atoms with E-state index in [0.717, 1.165) is 6.54 Å². The normalized spacial score (nSPS) is 51.0. The van der Waals surface area contributed by atoms with Crippen molar-refractivity contribution in [3.63, 3.8) is 0 Å². The summed E-state index contributed by atoms with van der Waals surface area (Å²) in [6, 6.07) is 0. The summed E-state index contributed by atoms with van der Waals surface area (Å²) >= 11 is 0. The van der Waals surface area contributed by atoms with Gasteiger partial charge in [0.1, 0.15) is 0 Å². The van der Waals surface area contributed by atoms with Crippen LogP contribution in [0, 0.1) is 5.41 Å². The molecule has 0 amide bonds. The van der Waals surface area contributed by atoms with Gasteiger partial charge in [0.05, 0.1) is 6.61 Å². The minimum absolute atomic E-state index is 0.149. The van der Waals surface area contributed by atoms with Gasteiger partial charge < -0.3 is 10.4 Å². The molecule has 1 aliphatic carbocycles. The molecule has 0 aromatic rings. The number of aliphatic hydroxyl groups excluding tert-OH is 1. The van der Waals surface area contributed by atoms with Gasteiger partial charge in [0.25, 0.3) is 0 Å². The second kappa shape index (κ2) is 1.74. The Morgan fingerprint density at radius 2 is 2.20 bits per heavy atom. The molecule has 58 valence electrons. The Kier molecular flexibility index (Phi) is 1.15. The lowest BCUT2D eigenvalue weighted by Gasteiger charge is -2.44. The van der Waals surface area contributed by atoms with E-state index in [4.69, 9.17) is 5.11 Å². The highest BCUT2D eigenvalue weighted by molar-refractivity contribution is 5.16. The molecular weight excluding hydrogens is 126 g/mol. The lowest BCUT2D eigenvalue weighted by molar-refractivity contribution is 0.0527. The van der Waals surface area contributed by atoms with Crippen molar-refractivity contribution < 1.29 is 5.11 Å². The number of fused-ring (bicyclic) bond motifs is 1. The van der Waals surface area contributed by atoms with E-state index in [1.807, 2.05) is 0 Å². The van der Waals surface area contributed by atoms with Crippen molar-refractivity contribution in [1.29, 1.82) is 0 Å². The fourth-order valence-corrected chi connectivity index (χ4v) is 2.55. The van der Waals surface area contributed by atoms with Crippen LogP contribution in [0.15, 0.2) is 0 Å². The molecule has 0 aromatic heterocycles. The summed E-state index contributed by atoms with van der Waals surface area (Å²) in [5, 5.41) is 12.4. The van der Waals surface area contributed by atoms with Gasteiger partial charge in [-0.1, -0.05) is 6.92 Å². The Hall–Kier alpha value is -0.0800. The van der Waals surface area contributed by atoms with Gasteiger partial charge in [-0.2, -0.15) is 0 Å². The first-order valence-electron chi connectivity index (χ1n) is 4.10. The van der Waals surface area contributed by atoms with Crippen molar-refractivity contribution in [3.8, 4) is 0 Å². The lowest BCUT2D eigenvalue weighted by atomic mass is 9.61. The molecule has 1 saturated carbocycles. The SMILES string of the molecule is CCC12CNC(CO)(C1)C2.